The molecule has 0 amide bonds. The first-order valence-corrected chi connectivity index (χ1v) is 31.7. The van der Waals surface area contributed by atoms with Crippen LogP contribution in [-0.2, 0) is 95.3 Å². The van der Waals surface area contributed by atoms with Gasteiger partial charge in [-0.15, -0.1) is 0 Å². The molecule has 17 atom stereocenters. The topological polar surface area (TPSA) is 263 Å². The van der Waals surface area contributed by atoms with Crippen LogP contribution in [0.15, 0.2) is 0 Å². The van der Waals surface area contributed by atoms with Crippen LogP contribution < -0.4 is 0 Å². The van der Waals surface area contributed by atoms with Crippen molar-refractivity contribution in [3.05, 3.63) is 0 Å². The molecule has 0 aromatic rings. The summed E-state index contributed by atoms with van der Waals surface area (Å²) in [7, 11) is 0. The molecule has 6 heterocycles. The highest BCUT2D eigenvalue weighted by atomic mass is 16.6. The average Bonchev–Trinajstić information content (AvgIpc) is 1.67. The number of hydrogen-bond acceptors (Lipinski definition) is 20. The first-order valence-electron chi connectivity index (χ1n) is 31.7. The molecule has 17 unspecified atom stereocenters. The Balaban J connectivity index is 0.000000154. The molecule has 0 aromatic heterocycles. The quantitative estimate of drug-likeness (QED) is 0.109. The van der Waals surface area contributed by atoms with Crippen LogP contribution in [0.4, 0.5) is 0 Å². The summed E-state index contributed by atoms with van der Waals surface area (Å²) in [4.78, 5) is 117. The maximum absolute atomic E-state index is 12.3. The zero-order chi connectivity index (χ0) is 62.9. The van der Waals surface area contributed by atoms with Crippen molar-refractivity contribution in [3.8, 4) is 0 Å². The molecular weight excluding hydrogens is 1100 g/mol. The molecule has 6 saturated carbocycles. The zero-order valence-corrected chi connectivity index (χ0v) is 53.2. The van der Waals surface area contributed by atoms with Crippen molar-refractivity contribution in [1.29, 1.82) is 0 Å². The second kappa shape index (κ2) is 26.6. The van der Waals surface area contributed by atoms with Gasteiger partial charge in [0.15, 0.2) is 0 Å². The largest absolute Gasteiger partial charge is 0.465 e. The van der Waals surface area contributed by atoms with Gasteiger partial charge in [-0.05, 0) is 165 Å². The van der Waals surface area contributed by atoms with Gasteiger partial charge < -0.3 is 47.4 Å². The summed E-state index contributed by atoms with van der Waals surface area (Å²) in [5, 5.41) is 0. The van der Waals surface area contributed by atoms with Crippen LogP contribution in [0.5, 0.6) is 0 Å². The van der Waals surface area contributed by atoms with E-state index in [-0.39, 0.29) is 127 Å². The summed E-state index contributed by atoms with van der Waals surface area (Å²) in [5.41, 5.74) is -2.34. The molecule has 0 radical (unpaired) electrons. The minimum atomic E-state index is -0.687. The summed E-state index contributed by atoms with van der Waals surface area (Å²) < 4.78 is 52.9. The summed E-state index contributed by atoms with van der Waals surface area (Å²) in [5.74, 6) is 0.758. The number of ether oxygens (including phenoxy) is 10. The molecule has 6 saturated heterocycles. The van der Waals surface area contributed by atoms with Gasteiger partial charge >= 0.3 is 59.7 Å². The molecule has 8 bridgehead atoms. The Morgan fingerprint density at radius 2 is 0.988 bits per heavy atom. The number of carbonyl (C=O) groups excluding carboxylic acids is 10. The Hall–Kier alpha value is -5.30. The normalized spacial score (nSPS) is 34.2. The smallest absolute Gasteiger partial charge is 0.347 e. The molecule has 0 aromatic carbocycles. The van der Waals surface area contributed by atoms with E-state index in [2.05, 4.69) is 0 Å². The van der Waals surface area contributed by atoms with Crippen LogP contribution in [0.2, 0.25) is 0 Å². The standard InChI is InChI=1S/C16H24O4.C15H22O4.C14H20O4.2C10H16O4/c1-4-16(2,3)15(18)20-13-10-5-9-6-11(8-10)14(17)19-12(13)7-9;1-4-15(2,3)14(17)19-11-6-8-5-9(11)10-7-18-13(16)12(8)10;1-4-14(2,3)13(16)18-10-7-5-8-9(6-7)12(15)17-11(8)10;1-4-10(2,3)9(12)14-7-5-8(11)13-6-7;1-4-10(2,3)9(12)14-7-5-6-13-8(7)11/h9-13H,4-8H2,1-3H3;8-12H,4-7H2,1-3H3;7-11H,4-6H2,1-3H3;2*7H,4-6H2,1-3H3. The van der Waals surface area contributed by atoms with E-state index >= 15 is 0 Å². The van der Waals surface area contributed by atoms with Crippen LogP contribution in [0.1, 0.15) is 200 Å². The average molecular weight is 1200 g/mol. The van der Waals surface area contributed by atoms with Gasteiger partial charge in [0.25, 0.3) is 0 Å². The predicted octanol–water partition coefficient (Wildman–Crippen LogP) is 9.34. The third kappa shape index (κ3) is 15.0. The molecule has 6 aliphatic carbocycles. The van der Waals surface area contributed by atoms with Crippen LogP contribution in [-0.4, -0.2) is 122 Å². The van der Waals surface area contributed by atoms with Gasteiger partial charge in [0, 0.05) is 36.0 Å². The Labute approximate surface area is 502 Å². The lowest BCUT2D eigenvalue weighted by atomic mass is 9.67. The molecule has 12 fully saturated rings. The lowest BCUT2D eigenvalue weighted by Gasteiger charge is -2.42. The van der Waals surface area contributed by atoms with Crippen LogP contribution in [0, 0.1) is 86.3 Å². The third-order valence-corrected chi connectivity index (χ3v) is 21.2. The van der Waals surface area contributed by atoms with Gasteiger partial charge in [-0.25, -0.2) is 4.79 Å². The lowest BCUT2D eigenvalue weighted by Crippen LogP contribution is -2.46. The number of esters is 10. The second-order valence-electron chi connectivity index (χ2n) is 29.0. The minimum Gasteiger partial charge on any atom is -0.465 e. The summed E-state index contributed by atoms with van der Waals surface area (Å²) in [6.07, 6.45) is 9.88. The van der Waals surface area contributed by atoms with E-state index in [1.54, 1.807) is 13.8 Å². The van der Waals surface area contributed by atoms with Crippen molar-refractivity contribution in [1.82, 2.24) is 0 Å². The molecular formula is C65H98O20. The highest BCUT2D eigenvalue weighted by molar-refractivity contribution is 5.83. The Morgan fingerprint density at radius 1 is 0.459 bits per heavy atom. The van der Waals surface area contributed by atoms with E-state index < -0.39 is 39.1 Å². The fourth-order valence-electron chi connectivity index (χ4n) is 13.3. The molecule has 0 N–H and O–H groups in total. The first kappa shape index (κ1) is 67.2. The fraction of sp³-hybridized carbons (Fsp3) is 0.846. The predicted molar refractivity (Wildman–Crippen MR) is 303 cm³/mol. The van der Waals surface area contributed by atoms with Crippen molar-refractivity contribution >= 4 is 59.7 Å². The Kier molecular flexibility index (Phi) is 21.0. The van der Waals surface area contributed by atoms with E-state index in [0.717, 1.165) is 70.6 Å². The SMILES string of the molecule is CCC(C)(C)C(=O)OC1C2CC3C(=O)OC1C3C2.CCC(C)(C)C(=O)OC1C2CC3CC(C2)C(=O)OC1C3.CCC(C)(C)C(=O)OC1CC2CC1C1COC(=O)C21.CCC(C)(C)C(=O)OC1CCOC1=O.CCC(C)(C)C(=O)OC1COC(=O)C1. The molecule has 20 nitrogen and oxygen atoms in total. The highest BCUT2D eigenvalue weighted by Crippen LogP contribution is 2.57. The maximum Gasteiger partial charge on any atom is 0.347 e. The number of rotatable bonds is 15. The molecule has 20 heteroatoms. The monoisotopic (exact) mass is 1200 g/mol. The van der Waals surface area contributed by atoms with Gasteiger partial charge in [-0.1, -0.05) is 34.6 Å². The maximum atomic E-state index is 12.3. The van der Waals surface area contributed by atoms with Crippen LogP contribution in [0.25, 0.3) is 0 Å². The van der Waals surface area contributed by atoms with Crippen molar-refractivity contribution in [3.63, 3.8) is 0 Å². The van der Waals surface area contributed by atoms with E-state index in [4.69, 9.17) is 47.4 Å². The molecule has 85 heavy (non-hydrogen) atoms. The summed E-state index contributed by atoms with van der Waals surface area (Å²) >= 11 is 0. The van der Waals surface area contributed by atoms with Crippen molar-refractivity contribution < 1.29 is 95.3 Å². The second-order valence-corrected chi connectivity index (χ2v) is 29.0. The summed E-state index contributed by atoms with van der Waals surface area (Å²) in [6.45, 7) is 29.6. The molecule has 0 spiro atoms. The van der Waals surface area contributed by atoms with E-state index in [0.29, 0.717) is 68.0 Å². The van der Waals surface area contributed by atoms with Crippen LogP contribution in [0.3, 0.4) is 0 Å². The van der Waals surface area contributed by atoms with Crippen molar-refractivity contribution in [2.75, 3.05) is 19.8 Å². The van der Waals surface area contributed by atoms with Crippen molar-refractivity contribution in [2.24, 2.45) is 86.3 Å². The van der Waals surface area contributed by atoms with Crippen LogP contribution >= 0.6 is 0 Å². The van der Waals surface area contributed by atoms with E-state index in [9.17, 15) is 47.9 Å². The summed E-state index contributed by atoms with van der Waals surface area (Å²) in [6, 6.07) is 0. The molecule has 12 aliphatic rings. The Morgan fingerprint density at radius 3 is 1.53 bits per heavy atom. The highest BCUT2D eigenvalue weighted by Gasteiger charge is 2.64. The number of cyclic esters (lactones) is 3. The minimum absolute atomic E-state index is 0.000856. The van der Waals surface area contributed by atoms with Gasteiger partial charge in [0.2, 0.25) is 6.10 Å². The zero-order valence-electron chi connectivity index (χ0n) is 53.2. The van der Waals surface area contributed by atoms with E-state index in [1.807, 2.05) is 90.0 Å². The fourth-order valence-corrected chi connectivity index (χ4v) is 13.3. The Bertz CT molecular complexity index is 2510. The first-order chi connectivity index (χ1) is 39.7. The van der Waals surface area contributed by atoms with Crippen molar-refractivity contribution in [2.45, 2.75) is 243 Å². The number of fused-ring (bicyclic) bond motifs is 7. The molecule has 478 valence electrons. The number of hydrogen-bond donors (Lipinski definition) is 0. The van der Waals surface area contributed by atoms with E-state index in [1.165, 1.54) is 0 Å². The molecule has 6 aliphatic heterocycles. The lowest BCUT2D eigenvalue weighted by molar-refractivity contribution is -0.180. The molecule has 12 rings (SSSR count). The third-order valence-electron chi connectivity index (χ3n) is 21.2. The van der Waals surface area contributed by atoms with Gasteiger partial charge in [0.1, 0.15) is 43.2 Å². The number of carbonyl (C=O) groups is 10. The van der Waals surface area contributed by atoms with Gasteiger partial charge in [-0.3, -0.25) is 43.2 Å². The van der Waals surface area contributed by atoms with Gasteiger partial charge in [-0.2, -0.15) is 0 Å². The van der Waals surface area contributed by atoms with Gasteiger partial charge in [0.05, 0.1) is 64.5 Å².